The van der Waals surface area contributed by atoms with Gasteiger partial charge in [0.1, 0.15) is 24.7 Å². The maximum absolute atomic E-state index is 13.8. The Balaban J connectivity index is 1.59. The van der Waals surface area contributed by atoms with E-state index in [1.54, 1.807) is 31.2 Å². The number of hydrogen-bond donors (Lipinski definition) is 1. The zero-order valence-corrected chi connectivity index (χ0v) is 24.7. The summed E-state index contributed by atoms with van der Waals surface area (Å²) in [4.78, 5) is 27.9. The first kappa shape index (κ1) is 30.1. The monoisotopic (exact) mass is 595 g/mol. The summed E-state index contributed by atoms with van der Waals surface area (Å²) in [5.74, 6) is 0.0483. The predicted octanol–water partition coefficient (Wildman–Crippen LogP) is 6.07. The molecular formula is C30H31ClFN5O3S. The first-order chi connectivity index (χ1) is 19.5. The number of carbonyl (C=O) groups excluding carboxylic acids is 2. The van der Waals surface area contributed by atoms with E-state index in [1.165, 1.54) is 40.9 Å². The van der Waals surface area contributed by atoms with Crippen LogP contribution in [0.4, 0.5) is 10.1 Å². The summed E-state index contributed by atoms with van der Waals surface area (Å²) in [7, 11) is 0. The normalized spacial score (nSPS) is 12.0. The van der Waals surface area contributed by atoms with Crippen LogP contribution in [0.25, 0.3) is 5.69 Å². The van der Waals surface area contributed by atoms with Crippen molar-refractivity contribution in [1.82, 2.24) is 20.1 Å². The van der Waals surface area contributed by atoms with Crippen molar-refractivity contribution in [3.05, 3.63) is 95.5 Å². The molecule has 3 aromatic carbocycles. The lowest BCUT2D eigenvalue weighted by Gasteiger charge is -2.27. The van der Waals surface area contributed by atoms with Crippen LogP contribution < -0.4 is 15.0 Å². The van der Waals surface area contributed by atoms with Gasteiger partial charge < -0.3 is 15.0 Å². The number of aromatic nitrogens is 3. The van der Waals surface area contributed by atoms with Crippen LogP contribution in [0.3, 0.4) is 0 Å². The minimum atomic E-state index is -0.667. The zero-order chi connectivity index (χ0) is 29.6. The molecule has 8 nitrogen and oxygen atoms in total. The van der Waals surface area contributed by atoms with Gasteiger partial charge in [0.25, 0.3) is 0 Å². The van der Waals surface area contributed by atoms with E-state index in [0.717, 1.165) is 5.69 Å². The van der Waals surface area contributed by atoms with E-state index in [1.807, 2.05) is 55.7 Å². The van der Waals surface area contributed by atoms with Crippen LogP contribution in [-0.4, -0.2) is 43.9 Å². The molecule has 1 N–H and O–H groups in total. The van der Waals surface area contributed by atoms with Gasteiger partial charge in [-0.1, -0.05) is 41.6 Å². The topological polar surface area (TPSA) is 89.4 Å². The molecule has 1 aromatic heterocycles. The minimum absolute atomic E-state index is 0.126. The molecule has 11 heteroatoms. The largest absolute Gasteiger partial charge is 0.486 e. The van der Waals surface area contributed by atoms with E-state index in [2.05, 4.69) is 15.5 Å². The van der Waals surface area contributed by atoms with Crippen LogP contribution >= 0.6 is 23.4 Å². The van der Waals surface area contributed by atoms with Crippen molar-refractivity contribution in [2.75, 3.05) is 11.4 Å². The van der Waals surface area contributed by atoms with E-state index in [0.29, 0.717) is 27.4 Å². The Morgan fingerprint density at radius 1 is 1.02 bits per heavy atom. The maximum Gasteiger partial charge on any atom is 0.240 e. The van der Waals surface area contributed by atoms with Crippen molar-refractivity contribution in [1.29, 1.82) is 0 Å². The number of nitrogens with one attached hydrogen (secondary N) is 1. The second-order valence-electron chi connectivity index (χ2n) is 10.3. The lowest BCUT2D eigenvalue weighted by Crippen LogP contribution is -2.48. The standard InChI is InChI=1S/C30H31ClFN5O3S/c1-20(28(39)36(18-27(38)33-30(2,3)4)23-14-12-22(32)13-15-23)41-29-35-34-26(37(29)24-8-6-5-7-9-24)19-40-25-16-10-21(31)11-17-25/h5-17,20H,18-19H2,1-4H3,(H,33,38)/t20-/m0/s1. The van der Waals surface area contributed by atoms with Crippen molar-refractivity contribution in [3.8, 4) is 11.4 Å². The number of halogens is 2. The Hall–Kier alpha value is -3.89. The van der Waals surface area contributed by atoms with Gasteiger partial charge in [0.05, 0.1) is 5.25 Å². The number of nitrogens with zero attached hydrogens (tertiary/aromatic N) is 4. The van der Waals surface area contributed by atoms with E-state index in [9.17, 15) is 14.0 Å². The molecule has 41 heavy (non-hydrogen) atoms. The number of amides is 2. The zero-order valence-electron chi connectivity index (χ0n) is 23.2. The molecule has 0 aliphatic rings. The van der Waals surface area contributed by atoms with E-state index >= 15 is 0 Å². The average Bonchev–Trinajstić information content (AvgIpc) is 3.33. The summed E-state index contributed by atoms with van der Waals surface area (Å²) in [6.45, 7) is 7.21. The van der Waals surface area contributed by atoms with Crippen LogP contribution in [0.15, 0.2) is 84.0 Å². The van der Waals surface area contributed by atoms with Gasteiger partial charge >= 0.3 is 0 Å². The highest BCUT2D eigenvalue weighted by atomic mass is 35.5. The molecule has 0 fully saturated rings. The summed E-state index contributed by atoms with van der Waals surface area (Å²) in [5.41, 5.74) is 0.731. The molecule has 0 unspecified atom stereocenters. The van der Waals surface area contributed by atoms with Gasteiger partial charge in [0, 0.05) is 21.9 Å². The van der Waals surface area contributed by atoms with E-state index in [4.69, 9.17) is 16.3 Å². The highest BCUT2D eigenvalue weighted by Crippen LogP contribution is 2.29. The molecule has 0 aliphatic heterocycles. The highest BCUT2D eigenvalue weighted by molar-refractivity contribution is 8.00. The van der Waals surface area contributed by atoms with Gasteiger partial charge in [-0.05, 0) is 88.4 Å². The number of rotatable bonds is 10. The summed E-state index contributed by atoms with van der Waals surface area (Å²) in [6, 6.07) is 22.0. The quantitative estimate of drug-likeness (QED) is 0.224. The number of benzene rings is 3. The molecule has 214 valence electrons. The van der Waals surface area contributed by atoms with Crippen LogP contribution in [0.2, 0.25) is 5.02 Å². The third-order valence-electron chi connectivity index (χ3n) is 5.75. The molecule has 0 saturated heterocycles. The van der Waals surface area contributed by atoms with Crippen LogP contribution in [-0.2, 0) is 16.2 Å². The van der Waals surface area contributed by atoms with Gasteiger partial charge in [-0.2, -0.15) is 0 Å². The fourth-order valence-electron chi connectivity index (χ4n) is 3.93. The number of carbonyl (C=O) groups is 2. The second kappa shape index (κ2) is 13.2. The lowest BCUT2D eigenvalue weighted by molar-refractivity contribution is -0.124. The van der Waals surface area contributed by atoms with E-state index in [-0.39, 0.29) is 25.0 Å². The van der Waals surface area contributed by atoms with Crippen LogP contribution in [0.5, 0.6) is 5.75 Å². The van der Waals surface area contributed by atoms with E-state index < -0.39 is 16.6 Å². The van der Waals surface area contributed by atoms with Crippen LogP contribution in [0.1, 0.15) is 33.5 Å². The Morgan fingerprint density at radius 2 is 1.68 bits per heavy atom. The molecule has 4 rings (SSSR count). The highest BCUT2D eigenvalue weighted by Gasteiger charge is 2.28. The summed E-state index contributed by atoms with van der Waals surface area (Å²) >= 11 is 7.18. The van der Waals surface area contributed by atoms with Gasteiger partial charge in [0.15, 0.2) is 11.0 Å². The van der Waals surface area contributed by atoms with Crippen molar-refractivity contribution >= 4 is 40.9 Å². The maximum atomic E-state index is 13.8. The third-order valence-corrected chi connectivity index (χ3v) is 7.03. The predicted molar refractivity (Wildman–Crippen MR) is 159 cm³/mol. The van der Waals surface area contributed by atoms with Gasteiger partial charge in [-0.25, -0.2) is 4.39 Å². The summed E-state index contributed by atoms with van der Waals surface area (Å²) in [5, 5.41) is 12.0. The Morgan fingerprint density at radius 3 is 2.32 bits per heavy atom. The minimum Gasteiger partial charge on any atom is -0.486 e. The molecule has 0 spiro atoms. The molecule has 2 amide bonds. The lowest BCUT2D eigenvalue weighted by atomic mass is 10.1. The third kappa shape index (κ3) is 8.31. The summed E-state index contributed by atoms with van der Waals surface area (Å²) in [6.07, 6.45) is 0. The Labute approximate surface area is 247 Å². The number of para-hydroxylation sites is 1. The summed E-state index contributed by atoms with van der Waals surface area (Å²) < 4.78 is 21.4. The Kier molecular flexibility index (Phi) is 9.67. The molecule has 1 atom stereocenters. The van der Waals surface area contributed by atoms with Crippen molar-refractivity contribution in [3.63, 3.8) is 0 Å². The van der Waals surface area contributed by atoms with Gasteiger partial charge in [-0.15, -0.1) is 10.2 Å². The first-order valence-corrected chi connectivity index (χ1v) is 14.2. The SMILES string of the molecule is C[C@H](Sc1nnc(COc2ccc(Cl)cc2)n1-c1ccccc1)C(=O)N(CC(=O)NC(C)(C)C)c1ccc(F)cc1. The number of anilines is 1. The molecular weight excluding hydrogens is 565 g/mol. The number of thioether (sulfide) groups is 1. The smallest absolute Gasteiger partial charge is 0.240 e. The van der Waals surface area contributed by atoms with Gasteiger partial charge in [-0.3, -0.25) is 14.2 Å². The fourth-order valence-corrected chi connectivity index (χ4v) is 5.01. The molecule has 4 aromatic rings. The average molecular weight is 596 g/mol. The van der Waals surface area contributed by atoms with Crippen molar-refractivity contribution in [2.45, 2.75) is 50.2 Å². The molecule has 1 heterocycles. The molecule has 0 saturated carbocycles. The molecule has 0 radical (unpaired) electrons. The molecule has 0 aliphatic carbocycles. The molecule has 0 bridgehead atoms. The van der Waals surface area contributed by atoms with Gasteiger partial charge in [0.2, 0.25) is 11.8 Å². The second-order valence-corrected chi connectivity index (χ2v) is 12.0. The first-order valence-electron chi connectivity index (χ1n) is 12.9. The van der Waals surface area contributed by atoms with Crippen LogP contribution in [0, 0.1) is 5.82 Å². The Bertz CT molecular complexity index is 1480. The van der Waals surface area contributed by atoms with Crippen molar-refractivity contribution in [2.24, 2.45) is 0 Å². The fraction of sp³-hybridized carbons (Fsp3) is 0.267. The van der Waals surface area contributed by atoms with Crippen molar-refractivity contribution < 1.29 is 18.7 Å². The number of ether oxygens (including phenoxy) is 1. The number of hydrogen-bond acceptors (Lipinski definition) is 6.